The number of halogens is 3. The summed E-state index contributed by atoms with van der Waals surface area (Å²) in [5.41, 5.74) is 1.27. The Balaban J connectivity index is 2.58. The molecule has 21 heavy (non-hydrogen) atoms. The molecule has 0 N–H and O–H groups in total. The number of hydrogen-bond acceptors (Lipinski definition) is 2. The molecule has 2 aromatic carbocycles. The van der Waals surface area contributed by atoms with Crippen LogP contribution in [0.4, 0.5) is 5.69 Å². The molecule has 0 unspecified atom stereocenters. The fourth-order valence-corrected chi connectivity index (χ4v) is 4.03. The van der Waals surface area contributed by atoms with Crippen molar-refractivity contribution >= 4 is 50.5 Å². The van der Waals surface area contributed by atoms with E-state index in [1.165, 1.54) is 25.2 Å². The Hall–Kier alpha value is -0.940. The van der Waals surface area contributed by atoms with E-state index >= 15 is 0 Å². The molecule has 0 saturated heterocycles. The van der Waals surface area contributed by atoms with Gasteiger partial charge in [0, 0.05) is 17.1 Å². The summed E-state index contributed by atoms with van der Waals surface area (Å²) in [6, 6.07) is 9.36. The molecule has 0 fully saturated rings. The first-order valence-electron chi connectivity index (χ1n) is 5.93. The van der Waals surface area contributed by atoms with Crippen molar-refractivity contribution in [2.24, 2.45) is 0 Å². The number of benzene rings is 2. The van der Waals surface area contributed by atoms with Crippen molar-refractivity contribution in [1.82, 2.24) is 0 Å². The molecule has 3 nitrogen and oxygen atoms in total. The maximum Gasteiger partial charge on any atom is 0.265 e. The van der Waals surface area contributed by atoms with E-state index in [9.17, 15) is 8.42 Å². The van der Waals surface area contributed by atoms with Gasteiger partial charge in [-0.3, -0.25) is 4.31 Å². The molecule has 2 aromatic rings. The van der Waals surface area contributed by atoms with Crippen LogP contribution in [-0.4, -0.2) is 15.5 Å². The molecular formula is C14H12Cl3NO2S. The smallest absolute Gasteiger partial charge is 0.265 e. The molecule has 7 heteroatoms. The van der Waals surface area contributed by atoms with Crippen LogP contribution in [-0.2, 0) is 10.0 Å². The number of sulfonamides is 1. The Labute approximate surface area is 139 Å². The molecule has 112 valence electrons. The van der Waals surface area contributed by atoms with E-state index in [4.69, 9.17) is 34.8 Å². The molecule has 0 atom stereocenters. The van der Waals surface area contributed by atoms with Gasteiger partial charge in [-0.1, -0.05) is 40.9 Å². The summed E-state index contributed by atoms with van der Waals surface area (Å²) < 4.78 is 26.6. The normalized spacial score (nSPS) is 11.5. The van der Waals surface area contributed by atoms with Gasteiger partial charge in [-0.05, 0) is 42.8 Å². The largest absolute Gasteiger partial charge is 0.269 e. The predicted octanol–water partition coefficient (Wildman–Crippen LogP) is 4.78. The van der Waals surface area contributed by atoms with Gasteiger partial charge in [0.25, 0.3) is 10.0 Å². The summed E-state index contributed by atoms with van der Waals surface area (Å²) in [6.07, 6.45) is 0. The molecule has 0 spiro atoms. The first-order chi connectivity index (χ1) is 9.73. The summed E-state index contributed by atoms with van der Waals surface area (Å²) >= 11 is 17.8. The average molecular weight is 365 g/mol. The second-order valence-corrected chi connectivity index (χ2v) is 7.70. The maximum absolute atomic E-state index is 12.7. The summed E-state index contributed by atoms with van der Waals surface area (Å²) in [5.74, 6) is 0. The predicted molar refractivity (Wildman–Crippen MR) is 88.2 cm³/mol. The SMILES string of the molecule is Cc1ccc(Cl)cc1N(C)S(=O)(=O)c1cc(Cl)ccc1Cl. The highest BCUT2D eigenvalue weighted by Gasteiger charge is 2.25. The monoisotopic (exact) mass is 363 g/mol. The van der Waals surface area contributed by atoms with Crippen LogP contribution in [0.25, 0.3) is 0 Å². The molecule has 0 aliphatic carbocycles. The zero-order chi connectivity index (χ0) is 15.8. The summed E-state index contributed by atoms with van der Waals surface area (Å²) in [5, 5.41) is 0.870. The molecule has 0 saturated carbocycles. The van der Waals surface area contributed by atoms with Crippen LogP contribution >= 0.6 is 34.8 Å². The summed E-state index contributed by atoms with van der Waals surface area (Å²) in [4.78, 5) is -0.0430. The zero-order valence-corrected chi connectivity index (χ0v) is 14.4. The van der Waals surface area contributed by atoms with Gasteiger partial charge in [0.05, 0.1) is 10.7 Å². The van der Waals surface area contributed by atoms with Gasteiger partial charge in [0.1, 0.15) is 4.90 Å². The van der Waals surface area contributed by atoms with Crippen molar-refractivity contribution < 1.29 is 8.42 Å². The topological polar surface area (TPSA) is 37.4 Å². The number of nitrogens with zero attached hydrogens (tertiary/aromatic N) is 1. The van der Waals surface area contributed by atoms with Crippen molar-refractivity contribution in [3.63, 3.8) is 0 Å². The second kappa shape index (κ2) is 6.05. The minimum absolute atomic E-state index is 0.0430. The Morgan fingerprint density at radius 2 is 1.52 bits per heavy atom. The summed E-state index contributed by atoms with van der Waals surface area (Å²) in [6.45, 7) is 1.80. The lowest BCUT2D eigenvalue weighted by Crippen LogP contribution is -2.27. The van der Waals surface area contributed by atoms with Gasteiger partial charge in [-0.25, -0.2) is 8.42 Å². The van der Waals surface area contributed by atoms with Gasteiger partial charge in [-0.2, -0.15) is 0 Å². The molecule has 0 aliphatic heterocycles. The van der Waals surface area contributed by atoms with Crippen LogP contribution in [0.15, 0.2) is 41.3 Å². The number of rotatable bonds is 3. The van der Waals surface area contributed by atoms with Crippen molar-refractivity contribution in [3.8, 4) is 0 Å². The molecule has 0 radical (unpaired) electrons. The van der Waals surface area contributed by atoms with E-state index < -0.39 is 10.0 Å². The Kier molecular flexibility index (Phi) is 4.73. The third-order valence-corrected chi connectivity index (χ3v) is 5.77. The Bertz CT molecular complexity index is 791. The second-order valence-electron chi connectivity index (χ2n) is 4.48. The first-order valence-corrected chi connectivity index (χ1v) is 8.51. The molecule has 0 bridgehead atoms. The molecule has 0 heterocycles. The van der Waals surface area contributed by atoms with Crippen LogP contribution in [0.2, 0.25) is 15.1 Å². The molecule has 2 rings (SSSR count). The lowest BCUT2D eigenvalue weighted by molar-refractivity contribution is 0.594. The van der Waals surface area contributed by atoms with Gasteiger partial charge >= 0.3 is 0 Å². The highest BCUT2D eigenvalue weighted by atomic mass is 35.5. The van der Waals surface area contributed by atoms with Crippen LogP contribution in [0.3, 0.4) is 0 Å². The van der Waals surface area contributed by atoms with Gasteiger partial charge in [0.15, 0.2) is 0 Å². The molecule has 0 aliphatic rings. The number of aryl methyl sites for hydroxylation is 1. The quantitative estimate of drug-likeness (QED) is 0.786. The van der Waals surface area contributed by atoms with Gasteiger partial charge < -0.3 is 0 Å². The van der Waals surface area contributed by atoms with Gasteiger partial charge in [0.2, 0.25) is 0 Å². The minimum Gasteiger partial charge on any atom is -0.269 e. The van der Waals surface area contributed by atoms with E-state index in [0.717, 1.165) is 9.87 Å². The van der Waals surface area contributed by atoms with Crippen molar-refractivity contribution in [3.05, 3.63) is 57.0 Å². The Morgan fingerprint density at radius 3 is 2.19 bits per heavy atom. The number of hydrogen-bond donors (Lipinski definition) is 0. The van der Waals surface area contributed by atoms with Crippen molar-refractivity contribution in [2.45, 2.75) is 11.8 Å². The lowest BCUT2D eigenvalue weighted by Gasteiger charge is -2.22. The van der Waals surface area contributed by atoms with Crippen LogP contribution in [0, 0.1) is 6.92 Å². The zero-order valence-electron chi connectivity index (χ0n) is 11.3. The van der Waals surface area contributed by atoms with E-state index in [-0.39, 0.29) is 9.92 Å². The standard InChI is InChI=1S/C14H12Cl3NO2S/c1-9-3-4-10(15)7-13(9)18(2)21(19,20)14-8-11(16)5-6-12(14)17/h3-8H,1-2H3. The van der Waals surface area contributed by atoms with E-state index in [0.29, 0.717) is 15.7 Å². The lowest BCUT2D eigenvalue weighted by atomic mass is 10.2. The highest BCUT2D eigenvalue weighted by molar-refractivity contribution is 7.93. The molecule has 0 aromatic heterocycles. The van der Waals surface area contributed by atoms with Crippen LogP contribution in [0.1, 0.15) is 5.56 Å². The fraction of sp³-hybridized carbons (Fsp3) is 0.143. The van der Waals surface area contributed by atoms with Crippen LogP contribution < -0.4 is 4.31 Å². The van der Waals surface area contributed by atoms with Crippen molar-refractivity contribution in [2.75, 3.05) is 11.4 Å². The minimum atomic E-state index is -3.83. The van der Waals surface area contributed by atoms with Crippen molar-refractivity contribution in [1.29, 1.82) is 0 Å². The first kappa shape index (κ1) is 16.4. The number of anilines is 1. The maximum atomic E-state index is 12.7. The Morgan fingerprint density at radius 1 is 0.952 bits per heavy atom. The van der Waals surface area contributed by atoms with Gasteiger partial charge in [-0.15, -0.1) is 0 Å². The highest BCUT2D eigenvalue weighted by Crippen LogP contribution is 2.32. The third kappa shape index (κ3) is 3.29. The summed E-state index contributed by atoms with van der Waals surface area (Å²) in [7, 11) is -2.38. The van der Waals surface area contributed by atoms with E-state index in [1.807, 2.05) is 0 Å². The third-order valence-electron chi connectivity index (χ3n) is 3.04. The molecule has 0 amide bonds. The van der Waals surface area contributed by atoms with Crippen LogP contribution in [0.5, 0.6) is 0 Å². The average Bonchev–Trinajstić information content (AvgIpc) is 2.43. The van der Waals surface area contributed by atoms with E-state index in [2.05, 4.69) is 0 Å². The fourth-order valence-electron chi connectivity index (χ4n) is 1.87. The van der Waals surface area contributed by atoms with E-state index in [1.54, 1.807) is 25.1 Å². The molecular weight excluding hydrogens is 353 g/mol.